The SMILES string of the molecule is CCCNC(=O)[C@@H](NC(=O)[C@H]([C@@H](C)CC)N(C)C(=O)[C@H](Cc1ccccc1)N(C)C(=O)[C@H](C)NC(=O)[C@H](Cc1ccccc1)N(C)C(=O)[C@H](CC(C)C)N(C)C(=O)[C@H](CC(C)C)NC(=O)[C@@H](C)N(C)C(=O)C(NC(=O)[C@H](CC(C)C)N(C)C(C)=O)C(=O)N1CCCCC1)[C@@H](C)O. The first-order chi connectivity index (χ1) is 45.0. The van der Waals surface area contributed by atoms with E-state index in [1.165, 1.54) is 99.4 Å². The van der Waals surface area contributed by atoms with Crippen LogP contribution in [0.5, 0.6) is 0 Å². The zero-order valence-electron chi connectivity index (χ0n) is 60.6. The Labute approximate surface area is 570 Å². The van der Waals surface area contributed by atoms with Crippen molar-refractivity contribution >= 4 is 70.9 Å². The highest BCUT2D eigenvalue weighted by Crippen LogP contribution is 2.23. The van der Waals surface area contributed by atoms with E-state index in [1.807, 2.05) is 55.4 Å². The number of rotatable bonds is 36. The number of amides is 12. The molecule has 0 aromatic heterocycles. The molecule has 12 atom stereocenters. The molecule has 0 bridgehead atoms. The molecule has 0 spiro atoms. The average molecular weight is 1340 g/mol. The van der Waals surface area contributed by atoms with Crippen molar-refractivity contribution in [3.8, 4) is 0 Å². The number of likely N-dealkylation sites (N-methyl/N-ethyl adjacent to an activating group) is 6. The average Bonchev–Trinajstić information content (AvgIpc) is 1.06. The highest BCUT2D eigenvalue weighted by atomic mass is 16.3. The molecule has 1 fully saturated rings. The standard InChI is InChI=1S/C71H114N12O13/c1-20-35-72-64(89)58(49(12)84)75-65(90)60(46(9)21-2)82(19)69(94)57(42-52-33-27-23-28-34-52)80(17)66(91)47(10)73-62(87)55(41-51-31-25-22-26-32-51)79(16)68(93)56(40-45(7)8)81(18)67(92)53(38-43(3)4)74-61(86)48(11)77(14)70(95)59(71(96)83-36-29-24-30-37-83)76-63(88)54(39-44(5)6)78(15)50(13)85/h22-23,25-28,31-34,43-49,53-60,84H,20-21,24,29-30,35-42H2,1-19H3,(H,72,89)(H,73,87)(H,74,86)(H,75,90)(H,76,88)/t46-,47-,48+,49+,53-,54-,55-,56-,57-,58-,59?,60-/m0/s1. The third kappa shape index (κ3) is 23.7. The molecule has 6 N–H and O–H groups in total. The van der Waals surface area contributed by atoms with E-state index >= 15 is 14.4 Å². The van der Waals surface area contributed by atoms with E-state index in [0.717, 1.165) is 11.3 Å². The second-order valence-corrected chi connectivity index (χ2v) is 27.4. The van der Waals surface area contributed by atoms with Gasteiger partial charge in [-0.05, 0) is 101 Å². The van der Waals surface area contributed by atoms with Crippen LogP contribution in [0.4, 0.5) is 0 Å². The number of aliphatic hydroxyl groups is 1. The minimum Gasteiger partial charge on any atom is -0.391 e. The van der Waals surface area contributed by atoms with Gasteiger partial charge in [-0.3, -0.25) is 57.5 Å². The van der Waals surface area contributed by atoms with E-state index in [9.17, 15) is 48.3 Å². The topological polar surface area (TPSA) is 308 Å². The highest BCUT2D eigenvalue weighted by molar-refractivity contribution is 6.08. The number of likely N-dealkylation sites (tertiary alicyclic amines) is 1. The van der Waals surface area contributed by atoms with Crippen LogP contribution < -0.4 is 26.6 Å². The molecule has 536 valence electrons. The van der Waals surface area contributed by atoms with E-state index in [-0.39, 0.29) is 49.9 Å². The van der Waals surface area contributed by atoms with Gasteiger partial charge in [-0.1, -0.05) is 129 Å². The molecular weight excluding hydrogens is 1230 g/mol. The maximum absolute atomic E-state index is 15.3. The Balaban J connectivity index is 2.02. The first-order valence-electron chi connectivity index (χ1n) is 34.1. The lowest BCUT2D eigenvalue weighted by Gasteiger charge is -2.38. The quantitative estimate of drug-likeness (QED) is 0.0533. The summed E-state index contributed by atoms with van der Waals surface area (Å²) in [6, 6.07) is 5.01. The van der Waals surface area contributed by atoms with E-state index < -0.39 is 143 Å². The molecule has 0 radical (unpaired) electrons. The summed E-state index contributed by atoms with van der Waals surface area (Å²) >= 11 is 0. The monoisotopic (exact) mass is 1340 g/mol. The fraction of sp³-hybridized carbons (Fsp3) is 0.662. The number of hydrogen-bond donors (Lipinski definition) is 6. The fourth-order valence-corrected chi connectivity index (χ4v) is 11.8. The van der Waals surface area contributed by atoms with Crippen LogP contribution in [0.15, 0.2) is 60.7 Å². The fourth-order valence-electron chi connectivity index (χ4n) is 11.8. The number of benzene rings is 2. The lowest BCUT2D eigenvalue weighted by molar-refractivity contribution is -0.152. The van der Waals surface area contributed by atoms with E-state index in [0.29, 0.717) is 56.4 Å². The molecule has 2 aromatic carbocycles. The van der Waals surface area contributed by atoms with Crippen LogP contribution in [0, 0.1) is 23.7 Å². The predicted octanol–water partition coefficient (Wildman–Crippen LogP) is 3.54. The lowest BCUT2D eigenvalue weighted by atomic mass is 9.94. The Bertz CT molecular complexity index is 2920. The number of hydrogen-bond acceptors (Lipinski definition) is 13. The van der Waals surface area contributed by atoms with Crippen molar-refractivity contribution < 1.29 is 62.6 Å². The van der Waals surface area contributed by atoms with Gasteiger partial charge in [-0.2, -0.15) is 0 Å². The van der Waals surface area contributed by atoms with Crippen LogP contribution in [0.1, 0.15) is 153 Å². The van der Waals surface area contributed by atoms with Gasteiger partial charge >= 0.3 is 0 Å². The molecule has 0 aliphatic carbocycles. The number of nitrogens with one attached hydrogen (secondary N) is 5. The van der Waals surface area contributed by atoms with Gasteiger partial charge in [0.1, 0.15) is 54.4 Å². The van der Waals surface area contributed by atoms with E-state index in [4.69, 9.17) is 0 Å². The summed E-state index contributed by atoms with van der Waals surface area (Å²) < 4.78 is 0. The van der Waals surface area contributed by atoms with Crippen molar-refractivity contribution in [2.24, 2.45) is 23.7 Å². The molecule has 3 rings (SSSR count). The van der Waals surface area contributed by atoms with Crippen molar-refractivity contribution in [3.63, 3.8) is 0 Å². The number of nitrogens with zero attached hydrogens (tertiary/aromatic N) is 7. The molecule has 2 aromatic rings. The van der Waals surface area contributed by atoms with Crippen molar-refractivity contribution in [3.05, 3.63) is 71.8 Å². The molecule has 1 heterocycles. The Hall–Kier alpha value is -7.96. The number of carbonyl (C=O) groups is 12. The van der Waals surface area contributed by atoms with Crippen LogP contribution in [0.3, 0.4) is 0 Å². The summed E-state index contributed by atoms with van der Waals surface area (Å²) in [4.78, 5) is 181. The third-order valence-corrected chi connectivity index (χ3v) is 18.2. The maximum atomic E-state index is 15.3. The van der Waals surface area contributed by atoms with Gasteiger partial charge in [-0.15, -0.1) is 0 Å². The predicted molar refractivity (Wildman–Crippen MR) is 368 cm³/mol. The van der Waals surface area contributed by atoms with Crippen molar-refractivity contribution in [1.29, 1.82) is 0 Å². The molecule has 96 heavy (non-hydrogen) atoms. The molecule has 12 amide bonds. The summed E-state index contributed by atoms with van der Waals surface area (Å²) in [7, 11) is 8.56. The van der Waals surface area contributed by atoms with Gasteiger partial charge in [0.15, 0.2) is 6.04 Å². The zero-order chi connectivity index (χ0) is 72.6. The van der Waals surface area contributed by atoms with Gasteiger partial charge in [-0.25, -0.2) is 0 Å². The molecule has 0 saturated carbocycles. The Morgan fingerprint density at radius 3 is 1.45 bits per heavy atom. The largest absolute Gasteiger partial charge is 0.391 e. The molecule has 25 heteroatoms. The number of piperidine rings is 1. The number of aliphatic hydroxyl groups excluding tert-OH is 1. The van der Waals surface area contributed by atoms with Crippen molar-refractivity contribution in [1.82, 2.24) is 60.9 Å². The molecule has 1 aliphatic heterocycles. The lowest BCUT2D eigenvalue weighted by Crippen LogP contribution is -2.63. The summed E-state index contributed by atoms with van der Waals surface area (Å²) in [5.41, 5.74) is 1.34. The minimum absolute atomic E-state index is 0.00306. The minimum atomic E-state index is -1.75. The molecular formula is C71H114N12O13. The van der Waals surface area contributed by atoms with Crippen LogP contribution in [0.2, 0.25) is 0 Å². The van der Waals surface area contributed by atoms with E-state index in [2.05, 4.69) is 26.6 Å². The van der Waals surface area contributed by atoms with Crippen molar-refractivity contribution in [2.75, 3.05) is 61.9 Å². The third-order valence-electron chi connectivity index (χ3n) is 18.2. The zero-order valence-corrected chi connectivity index (χ0v) is 60.6. The Morgan fingerprint density at radius 1 is 0.479 bits per heavy atom. The van der Waals surface area contributed by atoms with Gasteiger partial charge < -0.3 is 66.0 Å². The Kier molecular flexibility index (Phi) is 33.7. The second kappa shape index (κ2) is 39.3. The molecule has 1 unspecified atom stereocenters. The van der Waals surface area contributed by atoms with Gasteiger partial charge in [0.2, 0.25) is 59.1 Å². The van der Waals surface area contributed by atoms with Gasteiger partial charge in [0.25, 0.3) is 11.8 Å². The van der Waals surface area contributed by atoms with Crippen LogP contribution in [0.25, 0.3) is 0 Å². The highest BCUT2D eigenvalue weighted by Gasteiger charge is 2.44. The second-order valence-electron chi connectivity index (χ2n) is 27.4. The summed E-state index contributed by atoms with van der Waals surface area (Å²) in [6.07, 6.45) is 2.43. The van der Waals surface area contributed by atoms with Crippen molar-refractivity contribution in [2.45, 2.75) is 221 Å². The Morgan fingerprint density at radius 2 is 0.958 bits per heavy atom. The van der Waals surface area contributed by atoms with E-state index in [1.54, 1.807) is 67.6 Å². The molecule has 1 aliphatic rings. The normalized spacial score (nSPS) is 16.1. The van der Waals surface area contributed by atoms with Gasteiger partial charge in [0.05, 0.1) is 6.10 Å². The summed E-state index contributed by atoms with van der Waals surface area (Å²) in [5.74, 6) is -8.89. The summed E-state index contributed by atoms with van der Waals surface area (Å²) in [6.45, 7) is 23.3. The van der Waals surface area contributed by atoms with Gasteiger partial charge in [0, 0.05) is 81.7 Å². The summed E-state index contributed by atoms with van der Waals surface area (Å²) in [5, 5.41) is 24.3. The van der Waals surface area contributed by atoms with Crippen LogP contribution >= 0.6 is 0 Å². The maximum Gasteiger partial charge on any atom is 0.255 e. The number of carbonyl (C=O) groups excluding carboxylic acids is 12. The molecule has 25 nitrogen and oxygen atoms in total. The first kappa shape index (κ1) is 82.3. The molecule has 1 saturated heterocycles. The van der Waals surface area contributed by atoms with Crippen LogP contribution in [-0.2, 0) is 70.4 Å². The van der Waals surface area contributed by atoms with Crippen LogP contribution in [-0.4, -0.2) is 239 Å². The smallest absolute Gasteiger partial charge is 0.255 e. The first-order valence-corrected chi connectivity index (χ1v) is 34.1.